The van der Waals surface area contributed by atoms with Gasteiger partial charge in [0.2, 0.25) is 5.91 Å². The lowest BCUT2D eigenvalue weighted by molar-refractivity contribution is -0.118. The van der Waals surface area contributed by atoms with Gasteiger partial charge in [-0.05, 0) is 18.6 Å². The largest absolute Gasteiger partial charge is 0.491 e. The minimum absolute atomic E-state index is 0.104. The Labute approximate surface area is 170 Å². The Kier molecular flexibility index (Phi) is 5.18. The van der Waals surface area contributed by atoms with E-state index < -0.39 is 30.5 Å². The Morgan fingerprint density at radius 1 is 1.40 bits per heavy atom. The summed E-state index contributed by atoms with van der Waals surface area (Å²) in [6, 6.07) is 3.35. The monoisotopic (exact) mass is 421 g/mol. The fraction of sp³-hybridized carbons (Fsp3) is 0.421. The van der Waals surface area contributed by atoms with E-state index in [-0.39, 0.29) is 12.4 Å². The van der Waals surface area contributed by atoms with Gasteiger partial charge in [0.05, 0.1) is 12.1 Å². The first-order valence-corrected chi connectivity index (χ1v) is 9.53. The maximum Gasteiger partial charge on any atom is 0.416 e. The third kappa shape index (κ3) is 3.51. The van der Waals surface area contributed by atoms with E-state index in [1.165, 1.54) is 0 Å². The SMILES string of the molecule is CCC(Nc1ccc2c(c1)OCCn1cc(N3C(=O)OC[C@H]3C(F)F)nc1-2)C(N)=O. The van der Waals surface area contributed by atoms with E-state index in [2.05, 4.69) is 10.3 Å². The van der Waals surface area contributed by atoms with Gasteiger partial charge >= 0.3 is 6.09 Å². The Bertz CT molecular complexity index is 980. The maximum absolute atomic E-state index is 13.3. The van der Waals surface area contributed by atoms with Crippen LogP contribution < -0.4 is 20.7 Å². The normalized spacial score (nSPS) is 18.9. The summed E-state index contributed by atoms with van der Waals surface area (Å²) in [6.45, 7) is 2.19. The summed E-state index contributed by atoms with van der Waals surface area (Å²) < 4.78 is 39.0. The van der Waals surface area contributed by atoms with E-state index in [1.54, 1.807) is 29.0 Å². The number of nitrogens with zero attached hydrogens (tertiary/aromatic N) is 3. The number of amides is 2. The van der Waals surface area contributed by atoms with Crippen LogP contribution in [0.4, 0.5) is 25.1 Å². The van der Waals surface area contributed by atoms with Gasteiger partial charge in [-0.1, -0.05) is 6.92 Å². The van der Waals surface area contributed by atoms with Gasteiger partial charge in [0.1, 0.15) is 36.9 Å². The van der Waals surface area contributed by atoms with E-state index in [0.29, 0.717) is 42.4 Å². The number of rotatable bonds is 6. The van der Waals surface area contributed by atoms with Crippen molar-refractivity contribution in [2.75, 3.05) is 23.4 Å². The van der Waals surface area contributed by atoms with E-state index >= 15 is 0 Å². The van der Waals surface area contributed by atoms with Crippen molar-refractivity contribution in [3.8, 4) is 17.1 Å². The molecule has 0 radical (unpaired) electrons. The van der Waals surface area contributed by atoms with E-state index in [0.717, 1.165) is 4.90 Å². The molecule has 1 aromatic carbocycles. The van der Waals surface area contributed by atoms with Gasteiger partial charge in [0.25, 0.3) is 6.43 Å². The predicted octanol–water partition coefficient (Wildman–Crippen LogP) is 2.21. The number of carbonyl (C=O) groups excluding carboxylic acids is 2. The topological polar surface area (TPSA) is 112 Å². The molecule has 0 saturated carbocycles. The molecule has 2 aromatic rings. The van der Waals surface area contributed by atoms with E-state index in [9.17, 15) is 18.4 Å². The zero-order valence-corrected chi connectivity index (χ0v) is 16.2. The molecule has 1 aromatic heterocycles. The lowest BCUT2D eigenvalue weighted by Crippen LogP contribution is -2.38. The molecular formula is C19H21F2N5O4. The molecular weight excluding hydrogens is 400 g/mol. The number of hydrogen-bond acceptors (Lipinski definition) is 6. The van der Waals surface area contributed by atoms with Crippen LogP contribution in [0.1, 0.15) is 13.3 Å². The third-order valence-electron chi connectivity index (χ3n) is 5.11. The summed E-state index contributed by atoms with van der Waals surface area (Å²) in [4.78, 5) is 28.8. The zero-order chi connectivity index (χ0) is 21.4. The quantitative estimate of drug-likeness (QED) is 0.740. The summed E-state index contributed by atoms with van der Waals surface area (Å²) in [5, 5.41) is 3.06. The first-order valence-electron chi connectivity index (χ1n) is 9.53. The summed E-state index contributed by atoms with van der Waals surface area (Å²) in [7, 11) is 0. The van der Waals surface area contributed by atoms with Gasteiger partial charge in [-0.2, -0.15) is 0 Å². The highest BCUT2D eigenvalue weighted by Gasteiger charge is 2.42. The zero-order valence-electron chi connectivity index (χ0n) is 16.2. The van der Waals surface area contributed by atoms with Crippen molar-refractivity contribution < 1.29 is 27.8 Å². The molecule has 4 rings (SSSR count). The molecule has 0 aliphatic carbocycles. The van der Waals surface area contributed by atoms with Crippen molar-refractivity contribution in [2.45, 2.75) is 38.4 Å². The number of primary amides is 1. The standard InChI is InChI=1S/C19H21F2N5O4/c1-2-12(17(22)27)23-10-3-4-11-14(7-10)29-6-5-25-8-15(24-18(11)25)26-13(16(20)21)9-30-19(26)28/h3-4,7-8,12-13,16,23H,2,5-6,9H2,1H3,(H2,22,27)/t12?,13-/m0/s1. The second kappa shape index (κ2) is 7.81. The second-order valence-corrected chi connectivity index (χ2v) is 7.03. The Balaban J connectivity index is 1.67. The number of anilines is 2. The molecule has 3 N–H and O–H groups in total. The molecule has 2 aliphatic rings. The Hall–Kier alpha value is -3.37. The Morgan fingerprint density at radius 2 is 2.20 bits per heavy atom. The molecule has 9 nitrogen and oxygen atoms in total. The van der Waals surface area contributed by atoms with Crippen LogP contribution in [0.5, 0.6) is 5.75 Å². The van der Waals surface area contributed by atoms with E-state index in [4.69, 9.17) is 15.2 Å². The van der Waals surface area contributed by atoms with Crippen LogP contribution in [0.3, 0.4) is 0 Å². The van der Waals surface area contributed by atoms with Crippen molar-refractivity contribution in [1.82, 2.24) is 9.55 Å². The predicted molar refractivity (Wildman–Crippen MR) is 104 cm³/mol. The number of imidazole rings is 1. The number of benzene rings is 1. The minimum atomic E-state index is -2.75. The molecule has 1 unspecified atom stereocenters. The number of hydrogen-bond donors (Lipinski definition) is 2. The highest BCUT2D eigenvalue weighted by Crippen LogP contribution is 2.37. The van der Waals surface area contributed by atoms with Crippen LogP contribution in [-0.2, 0) is 16.1 Å². The number of carbonyl (C=O) groups is 2. The number of ether oxygens (including phenoxy) is 2. The maximum atomic E-state index is 13.3. The first-order chi connectivity index (χ1) is 14.4. The fourth-order valence-electron chi connectivity index (χ4n) is 3.53. The molecule has 2 atom stereocenters. The molecule has 11 heteroatoms. The van der Waals surface area contributed by atoms with Gasteiger partial charge in [-0.15, -0.1) is 0 Å². The molecule has 160 valence electrons. The van der Waals surface area contributed by atoms with Crippen LogP contribution in [0.2, 0.25) is 0 Å². The average Bonchev–Trinajstić information content (AvgIpc) is 3.25. The smallest absolute Gasteiger partial charge is 0.416 e. The number of nitrogens with one attached hydrogen (secondary N) is 1. The summed E-state index contributed by atoms with van der Waals surface area (Å²) in [6.07, 6.45) is -1.53. The van der Waals surface area contributed by atoms with E-state index in [1.807, 2.05) is 6.92 Å². The summed E-state index contributed by atoms with van der Waals surface area (Å²) in [5.41, 5.74) is 6.68. The lowest BCUT2D eigenvalue weighted by Gasteiger charge is -2.18. The van der Waals surface area contributed by atoms with Crippen LogP contribution >= 0.6 is 0 Å². The molecule has 0 spiro atoms. The van der Waals surface area contributed by atoms with Crippen LogP contribution in [-0.4, -0.2) is 53.3 Å². The van der Waals surface area contributed by atoms with Gasteiger partial charge in [0, 0.05) is 18.0 Å². The third-order valence-corrected chi connectivity index (χ3v) is 5.11. The lowest BCUT2D eigenvalue weighted by atomic mass is 10.1. The molecule has 2 aliphatic heterocycles. The molecule has 1 saturated heterocycles. The number of alkyl halides is 2. The molecule has 30 heavy (non-hydrogen) atoms. The fourth-order valence-corrected chi connectivity index (χ4v) is 3.53. The van der Waals surface area contributed by atoms with Gasteiger partial charge < -0.3 is 25.1 Å². The molecule has 0 bridgehead atoms. The first kappa shape index (κ1) is 19.9. The number of cyclic esters (lactones) is 1. The van der Waals surface area contributed by atoms with Crippen molar-refractivity contribution in [2.24, 2.45) is 5.73 Å². The highest BCUT2D eigenvalue weighted by atomic mass is 19.3. The van der Waals surface area contributed by atoms with Crippen molar-refractivity contribution in [1.29, 1.82) is 0 Å². The number of nitrogens with two attached hydrogens (primary N) is 1. The van der Waals surface area contributed by atoms with Crippen LogP contribution in [0.15, 0.2) is 24.4 Å². The van der Waals surface area contributed by atoms with Crippen LogP contribution in [0.25, 0.3) is 11.4 Å². The Morgan fingerprint density at radius 3 is 2.90 bits per heavy atom. The van der Waals surface area contributed by atoms with Crippen molar-refractivity contribution >= 4 is 23.5 Å². The molecule has 1 fully saturated rings. The summed E-state index contributed by atoms with van der Waals surface area (Å²) >= 11 is 0. The van der Waals surface area contributed by atoms with Gasteiger partial charge in [-0.3, -0.25) is 4.79 Å². The van der Waals surface area contributed by atoms with Crippen molar-refractivity contribution in [3.05, 3.63) is 24.4 Å². The molecule has 2 amide bonds. The number of fused-ring (bicyclic) bond motifs is 3. The van der Waals surface area contributed by atoms with Gasteiger partial charge in [0.15, 0.2) is 5.82 Å². The second-order valence-electron chi connectivity index (χ2n) is 7.03. The molecule has 3 heterocycles. The van der Waals surface area contributed by atoms with Gasteiger partial charge in [-0.25, -0.2) is 23.5 Å². The van der Waals surface area contributed by atoms with Crippen LogP contribution in [0, 0.1) is 0 Å². The number of aromatic nitrogens is 2. The average molecular weight is 421 g/mol. The number of halogens is 2. The highest BCUT2D eigenvalue weighted by molar-refractivity contribution is 5.90. The van der Waals surface area contributed by atoms with Crippen molar-refractivity contribution in [3.63, 3.8) is 0 Å². The minimum Gasteiger partial charge on any atom is -0.491 e. The summed E-state index contributed by atoms with van der Waals surface area (Å²) in [5.74, 6) is 0.649.